The molecule has 2 rings (SSSR count). The molecule has 19 heavy (non-hydrogen) atoms. The summed E-state index contributed by atoms with van der Waals surface area (Å²) in [5, 5.41) is -0.518. The molecule has 5 nitrogen and oxygen atoms in total. The summed E-state index contributed by atoms with van der Waals surface area (Å²) in [6.45, 7) is 2.42. The van der Waals surface area contributed by atoms with Gasteiger partial charge in [-0.3, -0.25) is 0 Å². The summed E-state index contributed by atoms with van der Waals surface area (Å²) in [7, 11) is -2.35. The quantitative estimate of drug-likeness (QED) is 0.844. The van der Waals surface area contributed by atoms with Crippen LogP contribution in [-0.4, -0.2) is 43.5 Å². The number of hydrogen-bond acceptors (Lipinski definition) is 4. The van der Waals surface area contributed by atoms with Crippen molar-refractivity contribution in [2.75, 3.05) is 20.2 Å². The Kier molecular flexibility index (Phi) is 3.89. The van der Waals surface area contributed by atoms with Gasteiger partial charge in [-0.1, -0.05) is 0 Å². The van der Waals surface area contributed by atoms with Crippen LogP contribution < -0.4 is 0 Å². The minimum atomic E-state index is -3.91. The smallest absolute Gasteiger partial charge is 0.263 e. The van der Waals surface area contributed by atoms with Crippen LogP contribution in [0.2, 0.25) is 0 Å². The van der Waals surface area contributed by atoms with Crippen molar-refractivity contribution in [3.05, 3.63) is 24.1 Å². The molecular formula is C12H17FN2O3S. The lowest BCUT2D eigenvalue weighted by atomic mass is 9.96. The molecule has 0 N–H and O–H groups in total. The van der Waals surface area contributed by atoms with E-state index < -0.39 is 26.5 Å². The van der Waals surface area contributed by atoms with Crippen LogP contribution in [0.15, 0.2) is 23.4 Å². The molecule has 7 heteroatoms. The van der Waals surface area contributed by atoms with Crippen molar-refractivity contribution in [3.8, 4) is 0 Å². The van der Waals surface area contributed by atoms with Crippen molar-refractivity contribution >= 4 is 10.0 Å². The minimum Gasteiger partial charge on any atom is -0.377 e. The highest BCUT2D eigenvalue weighted by atomic mass is 32.2. The predicted molar refractivity (Wildman–Crippen MR) is 67.6 cm³/mol. The Labute approximate surface area is 112 Å². The van der Waals surface area contributed by atoms with Crippen LogP contribution in [0.25, 0.3) is 0 Å². The molecule has 0 saturated carbocycles. The molecule has 0 spiro atoms. The molecule has 1 saturated heterocycles. The Morgan fingerprint density at radius 2 is 2.26 bits per heavy atom. The highest BCUT2D eigenvalue weighted by molar-refractivity contribution is 7.89. The zero-order chi connectivity index (χ0) is 14.1. The summed E-state index contributed by atoms with van der Waals surface area (Å²) in [6.07, 6.45) is 2.73. The van der Waals surface area contributed by atoms with Gasteiger partial charge in [0, 0.05) is 26.4 Å². The van der Waals surface area contributed by atoms with E-state index in [-0.39, 0.29) is 6.54 Å². The molecule has 0 aromatic carbocycles. The summed E-state index contributed by atoms with van der Waals surface area (Å²) < 4.78 is 45.0. The minimum absolute atomic E-state index is 0.210. The first-order valence-electron chi connectivity index (χ1n) is 6.05. The highest BCUT2D eigenvalue weighted by Crippen LogP contribution is 2.28. The van der Waals surface area contributed by atoms with Gasteiger partial charge in [0.15, 0.2) is 5.82 Å². The molecule has 0 bridgehead atoms. The SMILES string of the molecule is COC1(C)CCCN(S(=O)(=O)c2ncccc2F)C1. The van der Waals surface area contributed by atoms with Crippen LogP contribution in [-0.2, 0) is 14.8 Å². The van der Waals surface area contributed by atoms with Crippen molar-refractivity contribution < 1.29 is 17.5 Å². The van der Waals surface area contributed by atoms with Crippen LogP contribution in [0.1, 0.15) is 19.8 Å². The standard InChI is InChI=1S/C12H17FN2O3S/c1-12(18-2)6-4-8-15(9-12)19(16,17)11-10(13)5-3-7-14-11/h3,5,7H,4,6,8-9H2,1-2H3. The maximum Gasteiger partial charge on any atom is 0.263 e. The Morgan fingerprint density at radius 1 is 1.53 bits per heavy atom. The number of rotatable bonds is 3. The fourth-order valence-corrected chi connectivity index (χ4v) is 3.78. The fourth-order valence-electron chi connectivity index (χ4n) is 2.22. The van der Waals surface area contributed by atoms with Gasteiger partial charge in [-0.15, -0.1) is 0 Å². The van der Waals surface area contributed by atoms with Crippen LogP contribution in [0.5, 0.6) is 0 Å². The van der Waals surface area contributed by atoms with Crippen molar-refractivity contribution in [3.63, 3.8) is 0 Å². The lowest BCUT2D eigenvalue weighted by molar-refractivity contribution is -0.0320. The molecule has 1 aromatic rings. The molecule has 1 fully saturated rings. The summed E-state index contributed by atoms with van der Waals surface area (Å²) >= 11 is 0. The van der Waals surface area contributed by atoms with Gasteiger partial charge in [-0.05, 0) is 31.9 Å². The number of hydrogen-bond donors (Lipinski definition) is 0. The van der Waals surface area contributed by atoms with Gasteiger partial charge in [-0.2, -0.15) is 4.31 Å². The van der Waals surface area contributed by atoms with Gasteiger partial charge < -0.3 is 4.74 Å². The summed E-state index contributed by atoms with van der Waals surface area (Å²) in [4.78, 5) is 3.65. The number of pyridine rings is 1. The van der Waals surface area contributed by atoms with Gasteiger partial charge >= 0.3 is 0 Å². The van der Waals surface area contributed by atoms with Crippen LogP contribution in [0.3, 0.4) is 0 Å². The average molecular weight is 288 g/mol. The number of sulfonamides is 1. The van der Waals surface area contributed by atoms with Crippen molar-refractivity contribution in [1.29, 1.82) is 0 Å². The van der Waals surface area contributed by atoms with Crippen LogP contribution >= 0.6 is 0 Å². The number of nitrogens with zero attached hydrogens (tertiary/aromatic N) is 2. The molecular weight excluding hydrogens is 271 g/mol. The maximum atomic E-state index is 13.6. The van der Waals surface area contributed by atoms with E-state index in [2.05, 4.69) is 4.98 Å². The molecule has 106 valence electrons. The molecule has 0 amide bonds. The van der Waals surface area contributed by atoms with E-state index in [9.17, 15) is 12.8 Å². The number of ether oxygens (including phenoxy) is 1. The summed E-state index contributed by atoms with van der Waals surface area (Å²) in [5.74, 6) is -0.827. The van der Waals surface area contributed by atoms with Gasteiger partial charge in [0.2, 0.25) is 5.03 Å². The van der Waals surface area contributed by atoms with Crippen LogP contribution in [0.4, 0.5) is 4.39 Å². The normalized spacial score (nSPS) is 25.4. The molecule has 0 radical (unpaired) electrons. The first-order chi connectivity index (χ1) is 8.89. The Balaban J connectivity index is 2.33. The largest absolute Gasteiger partial charge is 0.377 e. The molecule has 1 aliphatic rings. The van der Waals surface area contributed by atoms with Gasteiger partial charge in [-0.25, -0.2) is 17.8 Å². The number of halogens is 1. The summed E-state index contributed by atoms with van der Waals surface area (Å²) in [5.41, 5.74) is -0.531. The molecule has 0 aliphatic carbocycles. The Bertz CT molecular complexity index is 564. The van der Waals surface area contributed by atoms with E-state index in [4.69, 9.17) is 4.74 Å². The second-order valence-corrected chi connectivity index (χ2v) is 6.74. The predicted octanol–water partition coefficient (Wildman–Crippen LogP) is 1.41. The molecule has 1 aromatic heterocycles. The lowest BCUT2D eigenvalue weighted by Crippen LogP contribution is -2.49. The number of aromatic nitrogens is 1. The zero-order valence-corrected chi connectivity index (χ0v) is 11.8. The highest BCUT2D eigenvalue weighted by Gasteiger charge is 2.38. The van der Waals surface area contributed by atoms with Crippen molar-refractivity contribution in [2.24, 2.45) is 0 Å². The number of piperidine rings is 1. The van der Waals surface area contributed by atoms with Crippen molar-refractivity contribution in [2.45, 2.75) is 30.4 Å². The van der Waals surface area contributed by atoms with E-state index in [0.29, 0.717) is 13.0 Å². The molecule has 1 atom stereocenters. The molecule has 1 unspecified atom stereocenters. The Morgan fingerprint density at radius 3 is 2.89 bits per heavy atom. The number of methoxy groups -OCH3 is 1. The first kappa shape index (κ1) is 14.4. The van der Waals surface area contributed by atoms with Gasteiger partial charge in [0.05, 0.1) is 5.60 Å². The monoisotopic (exact) mass is 288 g/mol. The maximum absolute atomic E-state index is 13.6. The first-order valence-corrected chi connectivity index (χ1v) is 7.49. The van der Waals surface area contributed by atoms with Crippen LogP contribution in [0, 0.1) is 5.82 Å². The summed E-state index contributed by atoms with van der Waals surface area (Å²) in [6, 6.07) is 2.46. The van der Waals surface area contributed by atoms with Crippen molar-refractivity contribution in [1.82, 2.24) is 9.29 Å². The topological polar surface area (TPSA) is 59.5 Å². The van der Waals surface area contributed by atoms with Gasteiger partial charge in [0.25, 0.3) is 10.0 Å². The molecule has 1 aliphatic heterocycles. The second kappa shape index (κ2) is 5.15. The zero-order valence-electron chi connectivity index (χ0n) is 11.0. The van der Waals surface area contributed by atoms with Gasteiger partial charge in [0.1, 0.15) is 0 Å². The third kappa shape index (κ3) is 2.77. The van der Waals surface area contributed by atoms with E-state index >= 15 is 0 Å². The second-order valence-electron chi connectivity index (χ2n) is 4.89. The molecule has 2 heterocycles. The third-order valence-corrected chi connectivity index (χ3v) is 5.21. The van der Waals surface area contributed by atoms with E-state index in [1.54, 1.807) is 7.11 Å². The van der Waals surface area contributed by atoms with E-state index in [0.717, 1.165) is 12.5 Å². The lowest BCUT2D eigenvalue weighted by Gasteiger charge is -2.38. The van der Waals surface area contributed by atoms with E-state index in [1.807, 2.05) is 6.92 Å². The Hall–Kier alpha value is -1.05. The van der Waals surface area contributed by atoms with E-state index in [1.165, 1.54) is 16.6 Å². The third-order valence-electron chi connectivity index (χ3n) is 3.43. The fraction of sp³-hybridized carbons (Fsp3) is 0.583. The average Bonchev–Trinajstić information content (AvgIpc) is 2.39.